The van der Waals surface area contributed by atoms with Gasteiger partial charge in [-0.25, -0.2) is 0 Å². The number of carboxylic acids is 1. The van der Waals surface area contributed by atoms with E-state index in [1.54, 1.807) is 6.92 Å². The summed E-state index contributed by atoms with van der Waals surface area (Å²) in [6.07, 6.45) is -1.61. The number of carboxylic acid groups (broad SMARTS) is 1. The zero-order valence-electron chi connectivity index (χ0n) is 23.1. The fourth-order valence-electron chi connectivity index (χ4n) is 6.27. The number of hydrogen-bond donors (Lipinski definition) is 1. The molecule has 4 heterocycles. The van der Waals surface area contributed by atoms with Crippen molar-refractivity contribution in [3.05, 3.63) is 88.4 Å². The Morgan fingerprint density at radius 2 is 1.95 bits per heavy atom. The SMILES string of the molecule is Cc1ccc(C(CC(=O)O)c2ccn3c(C(F)(F)F)nnc3c2C)cc1CN1C[C@@H]2CCCN2c2ccccc2[S+]1[O-]. The molecule has 0 bridgehead atoms. The van der Waals surface area contributed by atoms with Crippen LogP contribution in [0.1, 0.15) is 58.8 Å². The van der Waals surface area contributed by atoms with Crippen LogP contribution in [0.25, 0.3) is 5.65 Å². The molecule has 1 fully saturated rings. The number of aryl methyl sites for hydroxylation is 2. The number of pyridine rings is 1. The Morgan fingerprint density at radius 3 is 2.71 bits per heavy atom. The molecule has 1 N–H and O–H groups in total. The number of anilines is 1. The molecule has 2 unspecified atom stereocenters. The van der Waals surface area contributed by atoms with Crippen LogP contribution in [-0.4, -0.2) is 53.7 Å². The van der Waals surface area contributed by atoms with Crippen molar-refractivity contribution in [2.75, 3.05) is 18.0 Å². The molecule has 4 aromatic rings. The van der Waals surface area contributed by atoms with Crippen LogP contribution >= 0.6 is 0 Å². The highest BCUT2D eigenvalue weighted by molar-refractivity contribution is 7.89. The van der Waals surface area contributed by atoms with Crippen molar-refractivity contribution in [2.45, 2.75) is 62.7 Å². The number of benzene rings is 2. The van der Waals surface area contributed by atoms with Crippen molar-refractivity contribution in [3.8, 4) is 0 Å². The minimum Gasteiger partial charge on any atom is -0.593 e. The van der Waals surface area contributed by atoms with E-state index in [1.807, 2.05) is 53.7 Å². The van der Waals surface area contributed by atoms with Crippen molar-refractivity contribution in [2.24, 2.45) is 0 Å². The van der Waals surface area contributed by atoms with Crippen molar-refractivity contribution >= 4 is 28.7 Å². The molecule has 0 saturated carbocycles. The van der Waals surface area contributed by atoms with Gasteiger partial charge in [0.1, 0.15) is 0 Å². The lowest BCUT2D eigenvalue weighted by Gasteiger charge is -2.26. The Morgan fingerprint density at radius 1 is 1.17 bits per heavy atom. The van der Waals surface area contributed by atoms with Crippen LogP contribution in [0, 0.1) is 13.8 Å². The molecule has 12 heteroatoms. The molecular formula is C30H30F3N5O3S. The highest BCUT2D eigenvalue weighted by Gasteiger charge is 2.40. The predicted octanol–water partition coefficient (Wildman–Crippen LogP) is 5.48. The Balaban J connectivity index is 1.37. The average molecular weight is 598 g/mol. The van der Waals surface area contributed by atoms with E-state index in [9.17, 15) is 27.6 Å². The third kappa shape index (κ3) is 5.12. The van der Waals surface area contributed by atoms with Gasteiger partial charge in [0.2, 0.25) is 5.82 Å². The summed E-state index contributed by atoms with van der Waals surface area (Å²) in [7, 11) is 0. The van der Waals surface area contributed by atoms with Gasteiger partial charge in [-0.05, 0) is 72.7 Å². The third-order valence-electron chi connectivity index (χ3n) is 8.39. The maximum atomic E-state index is 13.8. The summed E-state index contributed by atoms with van der Waals surface area (Å²) in [5.74, 6) is -2.81. The summed E-state index contributed by atoms with van der Waals surface area (Å²) in [5, 5.41) is 16.9. The van der Waals surface area contributed by atoms with E-state index in [0.717, 1.165) is 45.5 Å². The summed E-state index contributed by atoms with van der Waals surface area (Å²) >= 11 is -1.39. The number of rotatable bonds is 6. The summed E-state index contributed by atoms with van der Waals surface area (Å²) in [6.45, 7) is 5.57. The number of para-hydroxylation sites is 1. The molecule has 2 aromatic carbocycles. The molecule has 3 atom stereocenters. The number of nitrogens with zero attached hydrogens (tertiary/aromatic N) is 5. The molecule has 2 aromatic heterocycles. The molecule has 2 aliphatic rings. The minimum absolute atomic E-state index is 0.0299. The molecular weight excluding hydrogens is 567 g/mol. The summed E-state index contributed by atoms with van der Waals surface area (Å²) in [4.78, 5) is 15.1. The largest absolute Gasteiger partial charge is 0.593 e. The third-order valence-corrected chi connectivity index (χ3v) is 9.85. The quantitative estimate of drug-likeness (QED) is 0.294. The van der Waals surface area contributed by atoms with Gasteiger partial charge in [-0.1, -0.05) is 30.3 Å². The first-order valence-corrected chi connectivity index (χ1v) is 14.9. The van der Waals surface area contributed by atoms with Gasteiger partial charge in [0.05, 0.1) is 36.6 Å². The lowest BCUT2D eigenvalue weighted by molar-refractivity contribution is -0.145. The first kappa shape index (κ1) is 28.5. The number of fused-ring (bicyclic) bond motifs is 4. The molecule has 2 aliphatic heterocycles. The highest BCUT2D eigenvalue weighted by atomic mass is 32.2. The fourth-order valence-corrected chi connectivity index (χ4v) is 7.67. The molecule has 42 heavy (non-hydrogen) atoms. The fraction of sp³-hybridized carbons (Fsp3) is 0.367. The van der Waals surface area contributed by atoms with Gasteiger partial charge in [-0.2, -0.15) is 13.2 Å². The second kappa shape index (κ2) is 10.9. The summed E-state index contributed by atoms with van der Waals surface area (Å²) < 4.78 is 57.0. The van der Waals surface area contributed by atoms with E-state index in [0.29, 0.717) is 29.8 Å². The normalized spacial score (nSPS) is 19.9. The smallest absolute Gasteiger partial charge is 0.452 e. The van der Waals surface area contributed by atoms with Crippen molar-refractivity contribution in [1.82, 2.24) is 18.9 Å². The van der Waals surface area contributed by atoms with E-state index in [2.05, 4.69) is 15.1 Å². The van der Waals surface area contributed by atoms with Gasteiger partial charge < -0.3 is 14.6 Å². The minimum atomic E-state index is -4.68. The number of hydrogen-bond acceptors (Lipinski definition) is 6. The van der Waals surface area contributed by atoms with Crippen LogP contribution in [0.3, 0.4) is 0 Å². The topological polar surface area (TPSA) is 97.0 Å². The molecule has 220 valence electrons. The zero-order valence-corrected chi connectivity index (χ0v) is 24.0. The Bertz CT molecular complexity index is 1660. The van der Waals surface area contributed by atoms with Crippen molar-refractivity contribution < 1.29 is 27.6 Å². The van der Waals surface area contributed by atoms with E-state index in [4.69, 9.17) is 0 Å². The van der Waals surface area contributed by atoms with Crippen LogP contribution in [0.2, 0.25) is 0 Å². The molecule has 0 aliphatic carbocycles. The van der Waals surface area contributed by atoms with Gasteiger partial charge >= 0.3 is 12.1 Å². The second-order valence-corrected chi connectivity index (χ2v) is 12.4. The lowest BCUT2D eigenvalue weighted by Crippen LogP contribution is -2.39. The highest BCUT2D eigenvalue weighted by Crippen LogP contribution is 2.39. The standard InChI is InChI=1S/C30H30F3N5O3S/c1-18-9-10-20(24(15-27(39)40)23-11-13-38-28(19(23)2)34-35-29(38)30(31,32)33)14-21(18)16-36-17-22-6-5-12-37(22)25-7-3-4-8-26(25)42(36)41/h3-4,7-11,13-14,22,24H,5-6,12,15-17H2,1-2H3,(H,39,40)/t22-,24?,42?/m0/s1. The van der Waals surface area contributed by atoms with Gasteiger partial charge in [-0.15, -0.1) is 14.5 Å². The Hall–Kier alpha value is -3.61. The van der Waals surface area contributed by atoms with Crippen LogP contribution in [0.15, 0.2) is 59.6 Å². The molecule has 0 spiro atoms. The van der Waals surface area contributed by atoms with Crippen LogP contribution in [0.5, 0.6) is 0 Å². The maximum absolute atomic E-state index is 13.8. The Kier molecular flexibility index (Phi) is 7.40. The lowest BCUT2D eigenvalue weighted by atomic mass is 9.85. The van der Waals surface area contributed by atoms with E-state index in [1.165, 1.54) is 12.3 Å². The molecule has 8 nitrogen and oxygen atoms in total. The van der Waals surface area contributed by atoms with Gasteiger partial charge in [0, 0.05) is 24.7 Å². The summed E-state index contributed by atoms with van der Waals surface area (Å²) in [6, 6.07) is 15.3. The second-order valence-electron chi connectivity index (χ2n) is 11.0. The van der Waals surface area contributed by atoms with Gasteiger partial charge in [-0.3, -0.25) is 9.20 Å². The zero-order chi connectivity index (χ0) is 29.8. The number of halogens is 3. The van der Waals surface area contributed by atoms with Gasteiger partial charge in [0.25, 0.3) is 0 Å². The molecule has 0 amide bonds. The molecule has 6 rings (SSSR count). The number of carbonyl (C=O) groups is 1. The number of aliphatic carboxylic acids is 1. The van der Waals surface area contributed by atoms with E-state index >= 15 is 0 Å². The van der Waals surface area contributed by atoms with Gasteiger partial charge in [0.15, 0.2) is 10.5 Å². The van der Waals surface area contributed by atoms with Crippen molar-refractivity contribution in [1.29, 1.82) is 0 Å². The van der Waals surface area contributed by atoms with E-state index < -0.39 is 35.2 Å². The average Bonchev–Trinajstić information content (AvgIpc) is 3.58. The summed E-state index contributed by atoms with van der Waals surface area (Å²) in [5.41, 5.74) is 4.65. The molecule has 1 saturated heterocycles. The van der Waals surface area contributed by atoms with Crippen LogP contribution in [0.4, 0.5) is 18.9 Å². The predicted molar refractivity (Wildman–Crippen MR) is 152 cm³/mol. The van der Waals surface area contributed by atoms with E-state index in [-0.39, 0.29) is 18.1 Å². The number of aromatic nitrogens is 3. The Labute approximate surface area is 244 Å². The van der Waals surface area contributed by atoms with Crippen LogP contribution < -0.4 is 4.90 Å². The monoisotopic (exact) mass is 597 g/mol. The van der Waals surface area contributed by atoms with Crippen LogP contribution in [-0.2, 0) is 28.9 Å². The van der Waals surface area contributed by atoms with Crippen molar-refractivity contribution in [3.63, 3.8) is 0 Å². The maximum Gasteiger partial charge on any atom is 0.452 e. The number of alkyl halides is 3. The molecule has 0 radical (unpaired) electrons. The first-order valence-electron chi connectivity index (χ1n) is 13.8. The first-order chi connectivity index (χ1) is 20.0.